The Morgan fingerprint density at radius 3 is 1.85 bits per heavy atom. The second-order valence-electron chi connectivity index (χ2n) is 4.18. The molecule has 1 N–H and O–H groups in total. The van der Waals surface area contributed by atoms with Gasteiger partial charge in [-0.2, -0.15) is 0 Å². The molecule has 0 bridgehead atoms. The molecule has 0 aromatic heterocycles. The molecule has 5 nitrogen and oxygen atoms in total. The first-order valence-corrected chi connectivity index (χ1v) is 7.14. The molecule has 0 spiro atoms. The van der Waals surface area contributed by atoms with Gasteiger partial charge in [-0.05, 0) is 26.0 Å². The molecule has 0 aliphatic heterocycles. The molecule has 7 heteroatoms. The van der Waals surface area contributed by atoms with Crippen LogP contribution in [0.15, 0.2) is 78.9 Å². The number of carbonyl (C=O) groups excluding carboxylic acids is 2. The molecule has 0 fully saturated rings. The van der Waals surface area contributed by atoms with E-state index in [0.29, 0.717) is 5.56 Å². The fourth-order valence-electron chi connectivity index (χ4n) is 1.25. The van der Waals surface area contributed by atoms with E-state index in [-0.39, 0.29) is 80.9 Å². The van der Waals surface area contributed by atoms with Crippen molar-refractivity contribution in [3.8, 4) is 0 Å². The number of rotatable bonds is 5. The van der Waals surface area contributed by atoms with E-state index >= 15 is 0 Å². The summed E-state index contributed by atoms with van der Waals surface area (Å²) in [6.45, 7) is 3.65. The van der Waals surface area contributed by atoms with Crippen LogP contribution in [0, 0.1) is 0 Å². The molecule has 26 heavy (non-hydrogen) atoms. The summed E-state index contributed by atoms with van der Waals surface area (Å²) in [5, 5.41) is 8.02. The third-order valence-corrected chi connectivity index (χ3v) is 2.28. The molecule has 0 saturated carbocycles. The fourth-order valence-corrected chi connectivity index (χ4v) is 1.25. The van der Waals surface area contributed by atoms with E-state index < -0.39 is 17.9 Å². The van der Waals surface area contributed by atoms with Crippen LogP contribution in [-0.2, 0) is 14.3 Å². The van der Waals surface area contributed by atoms with Crippen molar-refractivity contribution in [3.05, 3.63) is 84.5 Å². The van der Waals surface area contributed by atoms with Crippen LogP contribution in [0.4, 0.5) is 0 Å². The maximum atomic E-state index is 11.4. The van der Waals surface area contributed by atoms with Crippen molar-refractivity contribution >= 4 is 98.8 Å². The van der Waals surface area contributed by atoms with Gasteiger partial charge in [0.05, 0.1) is 5.56 Å². The number of hydrogen-bond acceptors (Lipinski definition) is 4. The molecular weight excluding hydrogens is 370 g/mol. The number of allylic oxidation sites excluding steroid dienone is 6. The Bertz CT molecular complexity index is 649. The SMILES string of the molecule is C/C=C/C=C/C(=O)O.C/C=C/C=C/C(=O)OC(=O)c1ccccc1.[KH].[NaH]. The standard InChI is InChI=1S/C13H12O3.C6H8O2.K.Na.2H/c1-2-3-5-10-12(14)16-13(15)11-8-6-4-7-9-11;1-2-3-4-5-6(7)8;;;;/h2-10H,1H3;2-5H,1H3,(H,7,8);;;;/b3-2+,10-5+;3-2+,5-4+;;;;. The first-order chi connectivity index (χ1) is 11.5. The number of carbonyl (C=O) groups is 3. The Labute approximate surface area is 218 Å². The van der Waals surface area contributed by atoms with Gasteiger partial charge < -0.3 is 9.84 Å². The number of esters is 2. The molecule has 1 rings (SSSR count). The Balaban J connectivity index is -0.000000457. The van der Waals surface area contributed by atoms with Gasteiger partial charge in [-0.3, -0.25) is 0 Å². The molecule has 0 heterocycles. The van der Waals surface area contributed by atoms with Crippen LogP contribution in [0.1, 0.15) is 24.2 Å². The van der Waals surface area contributed by atoms with E-state index in [1.807, 2.05) is 13.8 Å². The van der Waals surface area contributed by atoms with Crippen molar-refractivity contribution in [3.63, 3.8) is 0 Å². The Kier molecular flexibility index (Phi) is 24.1. The Morgan fingerprint density at radius 1 is 0.885 bits per heavy atom. The molecule has 0 aliphatic carbocycles. The summed E-state index contributed by atoms with van der Waals surface area (Å²) < 4.78 is 4.58. The van der Waals surface area contributed by atoms with Gasteiger partial charge in [0.15, 0.2) is 0 Å². The number of aliphatic carboxylic acids is 1. The minimum atomic E-state index is -0.914. The van der Waals surface area contributed by atoms with E-state index in [1.165, 1.54) is 18.2 Å². The van der Waals surface area contributed by atoms with Crippen LogP contribution in [0.25, 0.3) is 0 Å². The van der Waals surface area contributed by atoms with Crippen molar-refractivity contribution in [2.24, 2.45) is 0 Å². The average Bonchev–Trinajstić information content (AvgIpc) is 2.56. The molecule has 0 saturated heterocycles. The fraction of sp³-hybridized carbons (Fsp3) is 0.105. The second kappa shape index (κ2) is 20.7. The summed E-state index contributed by atoms with van der Waals surface area (Å²) in [6.07, 6.45) is 12.1. The quantitative estimate of drug-likeness (QED) is 0.274. The first kappa shape index (κ1) is 30.2. The molecular formula is C19H22KNaO5. The normalized spacial score (nSPS) is 10.1. The summed E-state index contributed by atoms with van der Waals surface area (Å²) in [4.78, 5) is 32.3. The van der Waals surface area contributed by atoms with Crippen molar-refractivity contribution in [2.45, 2.75) is 13.8 Å². The van der Waals surface area contributed by atoms with Crippen molar-refractivity contribution in [1.82, 2.24) is 0 Å². The topological polar surface area (TPSA) is 80.7 Å². The Hall–Kier alpha value is -0.574. The molecule has 130 valence electrons. The van der Waals surface area contributed by atoms with Gasteiger partial charge in [0.1, 0.15) is 0 Å². The second-order valence-corrected chi connectivity index (χ2v) is 4.18. The molecule has 1 aromatic carbocycles. The molecule has 1 aromatic rings. The molecule has 0 unspecified atom stereocenters. The summed E-state index contributed by atoms with van der Waals surface area (Å²) >= 11 is 0. The van der Waals surface area contributed by atoms with Gasteiger partial charge in [-0.25, -0.2) is 14.4 Å². The number of benzene rings is 1. The van der Waals surface area contributed by atoms with Gasteiger partial charge in [0.25, 0.3) is 0 Å². The predicted octanol–water partition coefficient (Wildman–Crippen LogP) is 2.41. The van der Waals surface area contributed by atoms with Crippen molar-refractivity contribution < 1.29 is 24.2 Å². The van der Waals surface area contributed by atoms with E-state index in [2.05, 4.69) is 4.74 Å². The summed E-state index contributed by atoms with van der Waals surface area (Å²) in [5.74, 6) is -2.23. The number of carboxylic acids is 1. The molecule has 0 aliphatic rings. The zero-order valence-corrected chi connectivity index (χ0v) is 13.6. The predicted molar refractivity (Wildman–Crippen MR) is 107 cm³/mol. The van der Waals surface area contributed by atoms with E-state index in [1.54, 1.807) is 54.6 Å². The van der Waals surface area contributed by atoms with Crippen LogP contribution in [-0.4, -0.2) is 104 Å². The molecule has 0 radical (unpaired) electrons. The van der Waals surface area contributed by atoms with Gasteiger partial charge >= 0.3 is 98.8 Å². The van der Waals surface area contributed by atoms with Gasteiger partial charge in [0.2, 0.25) is 0 Å². The molecule has 0 atom stereocenters. The van der Waals surface area contributed by atoms with Gasteiger partial charge in [0, 0.05) is 12.2 Å². The zero-order chi connectivity index (χ0) is 18.2. The average molecular weight is 392 g/mol. The number of ether oxygens (including phenoxy) is 1. The van der Waals surface area contributed by atoms with Crippen LogP contribution >= 0.6 is 0 Å². The van der Waals surface area contributed by atoms with E-state index in [9.17, 15) is 14.4 Å². The number of carboxylic acid groups (broad SMARTS) is 1. The van der Waals surface area contributed by atoms with Crippen molar-refractivity contribution in [2.75, 3.05) is 0 Å². The third kappa shape index (κ3) is 18.2. The molecule has 0 amide bonds. The monoisotopic (exact) mass is 392 g/mol. The summed E-state index contributed by atoms with van der Waals surface area (Å²) in [5.41, 5.74) is 0.357. The van der Waals surface area contributed by atoms with E-state index in [4.69, 9.17) is 5.11 Å². The van der Waals surface area contributed by atoms with Crippen LogP contribution in [0.2, 0.25) is 0 Å². The Morgan fingerprint density at radius 2 is 1.38 bits per heavy atom. The van der Waals surface area contributed by atoms with Gasteiger partial charge in [-0.15, -0.1) is 0 Å². The van der Waals surface area contributed by atoms with Crippen LogP contribution in [0.5, 0.6) is 0 Å². The van der Waals surface area contributed by atoms with Crippen molar-refractivity contribution in [1.29, 1.82) is 0 Å². The van der Waals surface area contributed by atoms with Crippen LogP contribution in [0.3, 0.4) is 0 Å². The summed E-state index contributed by atoms with van der Waals surface area (Å²) in [7, 11) is 0. The zero-order valence-electron chi connectivity index (χ0n) is 13.6. The number of hydrogen-bond donors (Lipinski definition) is 1. The summed E-state index contributed by atoms with van der Waals surface area (Å²) in [6, 6.07) is 8.37. The minimum absolute atomic E-state index is 0. The van der Waals surface area contributed by atoms with Crippen LogP contribution < -0.4 is 0 Å². The van der Waals surface area contributed by atoms with Gasteiger partial charge in [-0.1, -0.05) is 54.7 Å². The van der Waals surface area contributed by atoms with E-state index in [0.717, 1.165) is 6.08 Å². The third-order valence-electron chi connectivity index (χ3n) is 2.28. The first-order valence-electron chi connectivity index (χ1n) is 7.14. The maximum absolute atomic E-state index is 11.4.